The summed E-state index contributed by atoms with van der Waals surface area (Å²) in [6.07, 6.45) is 5.66. The van der Waals surface area contributed by atoms with Gasteiger partial charge in [0.05, 0.1) is 18.1 Å². The molecule has 0 saturated carbocycles. The van der Waals surface area contributed by atoms with Gasteiger partial charge in [-0.05, 0) is 12.2 Å². The second-order valence-corrected chi connectivity index (χ2v) is 3.53. The van der Waals surface area contributed by atoms with E-state index in [1.807, 2.05) is 0 Å². The minimum absolute atomic E-state index is 0.219. The topological polar surface area (TPSA) is 63.6 Å². The van der Waals surface area contributed by atoms with Gasteiger partial charge >= 0.3 is 5.97 Å². The minimum atomic E-state index is -1.18. The van der Waals surface area contributed by atoms with Gasteiger partial charge in [-0.3, -0.25) is 4.79 Å². The van der Waals surface area contributed by atoms with Crippen LogP contribution in [-0.2, 0) is 14.3 Å². The van der Waals surface area contributed by atoms with Gasteiger partial charge in [0.1, 0.15) is 0 Å². The lowest BCUT2D eigenvalue weighted by Crippen LogP contribution is -2.37. The van der Waals surface area contributed by atoms with E-state index in [2.05, 4.69) is 6.58 Å². The molecule has 0 bridgehead atoms. The van der Waals surface area contributed by atoms with Gasteiger partial charge in [-0.25, -0.2) is 4.79 Å². The lowest BCUT2D eigenvalue weighted by Gasteiger charge is -2.21. The van der Waals surface area contributed by atoms with Crippen molar-refractivity contribution in [1.82, 2.24) is 0 Å². The molecule has 1 N–H and O–H groups in total. The summed E-state index contributed by atoms with van der Waals surface area (Å²) in [5, 5.41) is 9.21. The summed E-state index contributed by atoms with van der Waals surface area (Å²) in [6, 6.07) is 0. The standard InChI is InChI=1S/C11H10O4/c1-2-3-7-9-8(13)4-5-11(9,6-12)15-10(7)14/h2-5,9,12H,1,6H2/b7-3+/t9-,11-/m0/s1. The maximum Gasteiger partial charge on any atom is 0.335 e. The van der Waals surface area contributed by atoms with Gasteiger partial charge in [-0.15, -0.1) is 0 Å². The first-order valence-electron chi connectivity index (χ1n) is 4.54. The molecule has 0 radical (unpaired) electrons. The molecule has 2 rings (SSSR count). The summed E-state index contributed by atoms with van der Waals surface area (Å²) >= 11 is 0. The van der Waals surface area contributed by atoms with E-state index in [0.717, 1.165) is 0 Å². The molecule has 4 nitrogen and oxygen atoms in total. The fraction of sp³-hybridized carbons (Fsp3) is 0.273. The fourth-order valence-corrected chi connectivity index (χ4v) is 1.98. The average Bonchev–Trinajstić information content (AvgIpc) is 2.67. The van der Waals surface area contributed by atoms with Crippen molar-refractivity contribution in [3.63, 3.8) is 0 Å². The first-order chi connectivity index (χ1) is 7.14. The number of hydrogen-bond acceptors (Lipinski definition) is 4. The van der Waals surface area contributed by atoms with Crippen LogP contribution in [0.4, 0.5) is 0 Å². The molecule has 0 aromatic carbocycles. The molecule has 0 aromatic heterocycles. The quantitative estimate of drug-likeness (QED) is 0.515. The van der Waals surface area contributed by atoms with Crippen molar-refractivity contribution in [2.45, 2.75) is 5.60 Å². The third-order valence-corrected chi connectivity index (χ3v) is 2.68. The number of hydrogen-bond donors (Lipinski definition) is 1. The molecule has 2 atom stereocenters. The first kappa shape index (κ1) is 9.86. The second-order valence-electron chi connectivity index (χ2n) is 3.53. The van der Waals surface area contributed by atoms with Gasteiger partial charge in [-0.1, -0.05) is 18.7 Å². The Morgan fingerprint density at radius 2 is 2.33 bits per heavy atom. The van der Waals surface area contributed by atoms with E-state index in [0.29, 0.717) is 0 Å². The Bertz CT molecular complexity index is 405. The van der Waals surface area contributed by atoms with Crippen molar-refractivity contribution >= 4 is 11.8 Å². The van der Waals surface area contributed by atoms with Crippen LogP contribution in [0, 0.1) is 5.92 Å². The van der Waals surface area contributed by atoms with Crippen molar-refractivity contribution in [1.29, 1.82) is 0 Å². The monoisotopic (exact) mass is 206 g/mol. The third-order valence-electron chi connectivity index (χ3n) is 2.68. The SMILES string of the molecule is C=C/C=C1/C(=O)O[C@]2(CO)C=CC(=O)[C@H]12. The fourth-order valence-electron chi connectivity index (χ4n) is 1.98. The van der Waals surface area contributed by atoms with E-state index in [9.17, 15) is 14.7 Å². The number of ether oxygens (including phenoxy) is 1. The zero-order valence-electron chi connectivity index (χ0n) is 7.97. The van der Waals surface area contributed by atoms with Gasteiger partial charge in [0.15, 0.2) is 11.4 Å². The van der Waals surface area contributed by atoms with Gasteiger partial charge in [0.2, 0.25) is 0 Å². The molecule has 0 unspecified atom stereocenters. The maximum absolute atomic E-state index is 11.5. The minimum Gasteiger partial charge on any atom is -0.448 e. The number of allylic oxidation sites excluding steroid dienone is 3. The Hall–Kier alpha value is -1.68. The Kier molecular flexibility index (Phi) is 2.08. The molecule has 0 spiro atoms. The Balaban J connectivity index is 2.50. The Labute approximate surface area is 86.5 Å². The molecule has 1 saturated heterocycles. The highest BCUT2D eigenvalue weighted by atomic mass is 16.6. The van der Waals surface area contributed by atoms with Crippen LogP contribution in [0.3, 0.4) is 0 Å². The summed E-state index contributed by atoms with van der Waals surface area (Å²) in [7, 11) is 0. The number of ketones is 1. The molecule has 15 heavy (non-hydrogen) atoms. The zero-order valence-corrected chi connectivity index (χ0v) is 7.97. The number of aliphatic hydroxyl groups excluding tert-OH is 1. The maximum atomic E-state index is 11.5. The molecule has 2 aliphatic rings. The Morgan fingerprint density at radius 1 is 1.60 bits per heavy atom. The van der Waals surface area contributed by atoms with Crippen LogP contribution in [0.25, 0.3) is 0 Å². The predicted octanol–water partition coefficient (Wildman–Crippen LogP) is 0.142. The van der Waals surface area contributed by atoms with E-state index < -0.39 is 17.5 Å². The summed E-state index contributed by atoms with van der Waals surface area (Å²) in [5.74, 6) is -1.50. The molecule has 0 amide bonds. The summed E-state index contributed by atoms with van der Waals surface area (Å²) in [5.41, 5.74) is -0.919. The van der Waals surface area contributed by atoms with Crippen LogP contribution in [0.15, 0.2) is 36.5 Å². The Morgan fingerprint density at radius 3 is 2.93 bits per heavy atom. The van der Waals surface area contributed by atoms with Crippen molar-refractivity contribution in [2.24, 2.45) is 5.92 Å². The van der Waals surface area contributed by atoms with Crippen LogP contribution in [0.1, 0.15) is 0 Å². The van der Waals surface area contributed by atoms with E-state index >= 15 is 0 Å². The molecular formula is C11H10O4. The van der Waals surface area contributed by atoms with E-state index in [-0.39, 0.29) is 18.0 Å². The highest BCUT2D eigenvalue weighted by molar-refractivity contribution is 6.08. The molecule has 1 aliphatic carbocycles. The molecular weight excluding hydrogens is 196 g/mol. The average molecular weight is 206 g/mol. The second kappa shape index (κ2) is 3.17. The van der Waals surface area contributed by atoms with E-state index in [4.69, 9.17) is 4.74 Å². The smallest absolute Gasteiger partial charge is 0.335 e. The number of fused-ring (bicyclic) bond motifs is 1. The number of esters is 1. The number of carbonyl (C=O) groups is 2. The van der Waals surface area contributed by atoms with E-state index in [1.165, 1.54) is 24.3 Å². The normalized spacial score (nSPS) is 35.8. The van der Waals surface area contributed by atoms with Crippen molar-refractivity contribution in [3.8, 4) is 0 Å². The summed E-state index contributed by atoms with van der Waals surface area (Å²) < 4.78 is 5.04. The lowest BCUT2D eigenvalue weighted by atomic mass is 9.87. The summed E-state index contributed by atoms with van der Waals surface area (Å²) in [4.78, 5) is 23.0. The van der Waals surface area contributed by atoms with Crippen molar-refractivity contribution < 1.29 is 19.4 Å². The molecule has 0 aromatic rings. The molecule has 1 aliphatic heterocycles. The van der Waals surface area contributed by atoms with Crippen molar-refractivity contribution in [2.75, 3.05) is 6.61 Å². The van der Waals surface area contributed by atoms with Crippen LogP contribution >= 0.6 is 0 Å². The van der Waals surface area contributed by atoms with Crippen LogP contribution < -0.4 is 0 Å². The van der Waals surface area contributed by atoms with Gasteiger partial charge in [-0.2, -0.15) is 0 Å². The van der Waals surface area contributed by atoms with Crippen LogP contribution in [0.5, 0.6) is 0 Å². The zero-order chi connectivity index (χ0) is 11.1. The largest absolute Gasteiger partial charge is 0.448 e. The van der Waals surface area contributed by atoms with Gasteiger partial charge in [0.25, 0.3) is 0 Å². The predicted molar refractivity (Wildman–Crippen MR) is 51.8 cm³/mol. The number of aliphatic hydroxyl groups is 1. The highest BCUT2D eigenvalue weighted by Crippen LogP contribution is 2.42. The van der Waals surface area contributed by atoms with Crippen LogP contribution in [0.2, 0.25) is 0 Å². The molecule has 1 heterocycles. The summed E-state index contributed by atoms with van der Waals surface area (Å²) in [6.45, 7) is 3.08. The van der Waals surface area contributed by atoms with Gasteiger partial charge in [0, 0.05) is 0 Å². The van der Waals surface area contributed by atoms with Gasteiger partial charge < -0.3 is 9.84 Å². The lowest BCUT2D eigenvalue weighted by molar-refractivity contribution is -0.146. The molecule has 4 heteroatoms. The number of carbonyl (C=O) groups excluding carboxylic acids is 2. The van der Waals surface area contributed by atoms with Crippen LogP contribution in [-0.4, -0.2) is 29.1 Å². The van der Waals surface area contributed by atoms with E-state index in [1.54, 1.807) is 0 Å². The first-order valence-corrected chi connectivity index (χ1v) is 4.54. The number of rotatable bonds is 2. The van der Waals surface area contributed by atoms with Crippen molar-refractivity contribution in [3.05, 3.63) is 36.5 Å². The third kappa shape index (κ3) is 1.18. The molecule has 1 fully saturated rings. The molecule has 78 valence electrons. The highest BCUT2D eigenvalue weighted by Gasteiger charge is 2.56.